The Morgan fingerprint density at radius 3 is 2.67 bits per heavy atom. The van der Waals surface area contributed by atoms with Crippen LogP contribution in [0, 0.1) is 0 Å². The number of fused-ring (bicyclic) bond motifs is 1. The molecule has 4 rings (SSSR count). The lowest BCUT2D eigenvalue weighted by molar-refractivity contribution is -0.121. The van der Waals surface area contributed by atoms with Crippen molar-refractivity contribution < 1.29 is 23.8 Å². The Kier molecular flexibility index (Phi) is 6.46. The van der Waals surface area contributed by atoms with E-state index in [1.807, 2.05) is 18.2 Å². The molecule has 0 bridgehead atoms. The zero-order valence-electron chi connectivity index (χ0n) is 16.7. The summed E-state index contributed by atoms with van der Waals surface area (Å²) >= 11 is 0. The van der Waals surface area contributed by atoms with Gasteiger partial charge in [-0.15, -0.1) is 0 Å². The summed E-state index contributed by atoms with van der Waals surface area (Å²) in [6.45, 7) is 4.48. The molecule has 1 fully saturated rings. The lowest BCUT2D eigenvalue weighted by Gasteiger charge is -2.33. The zero-order chi connectivity index (χ0) is 20.8. The number of nitrogens with one attached hydrogen (secondary N) is 1. The molecule has 2 aliphatic heterocycles. The summed E-state index contributed by atoms with van der Waals surface area (Å²) in [5, 5.41) is 2.80. The van der Waals surface area contributed by atoms with E-state index < -0.39 is 0 Å². The molecular weight excluding hydrogens is 386 g/mol. The van der Waals surface area contributed by atoms with Gasteiger partial charge in [-0.05, 0) is 24.3 Å². The Labute approximate surface area is 175 Å². The maximum Gasteiger partial charge on any atom is 0.265 e. The van der Waals surface area contributed by atoms with Crippen LogP contribution in [0.2, 0.25) is 0 Å². The highest BCUT2D eigenvalue weighted by atomic mass is 16.5. The van der Waals surface area contributed by atoms with Crippen molar-refractivity contribution in [2.45, 2.75) is 0 Å². The molecule has 158 valence electrons. The van der Waals surface area contributed by atoms with E-state index in [0.29, 0.717) is 23.7 Å². The van der Waals surface area contributed by atoms with Crippen molar-refractivity contribution in [3.05, 3.63) is 48.5 Å². The topological polar surface area (TPSA) is 80.3 Å². The van der Waals surface area contributed by atoms with E-state index >= 15 is 0 Å². The number of para-hydroxylation sites is 1. The summed E-state index contributed by atoms with van der Waals surface area (Å²) < 4.78 is 16.4. The van der Waals surface area contributed by atoms with Gasteiger partial charge in [-0.1, -0.05) is 18.2 Å². The first-order valence-electron chi connectivity index (χ1n) is 10.0. The van der Waals surface area contributed by atoms with Crippen LogP contribution in [0.4, 0.5) is 11.4 Å². The average Bonchev–Trinajstić information content (AvgIpc) is 2.78. The van der Waals surface area contributed by atoms with Crippen molar-refractivity contribution in [2.24, 2.45) is 0 Å². The quantitative estimate of drug-likeness (QED) is 0.748. The number of carbonyl (C=O) groups is 2. The number of anilines is 2. The number of nitrogens with zero attached hydrogens (tertiary/aromatic N) is 2. The third kappa shape index (κ3) is 5.08. The van der Waals surface area contributed by atoms with E-state index in [2.05, 4.69) is 10.2 Å². The minimum Gasteiger partial charge on any atom is -0.484 e. The van der Waals surface area contributed by atoms with E-state index in [0.717, 1.165) is 38.5 Å². The summed E-state index contributed by atoms with van der Waals surface area (Å²) in [7, 11) is 0. The Morgan fingerprint density at radius 2 is 1.87 bits per heavy atom. The Balaban J connectivity index is 1.36. The van der Waals surface area contributed by atoms with E-state index in [4.69, 9.17) is 14.2 Å². The zero-order valence-corrected chi connectivity index (χ0v) is 16.7. The van der Waals surface area contributed by atoms with Crippen molar-refractivity contribution in [1.29, 1.82) is 0 Å². The Hall–Kier alpha value is -3.10. The standard InChI is InChI=1S/C22H25N3O5/c26-21(15-29-18-4-2-1-3-5-18)23-17-6-7-19-20(14-17)30-16-22(27)25(19)9-8-24-10-12-28-13-11-24/h1-7,14H,8-13,15-16H2,(H,23,26). The smallest absolute Gasteiger partial charge is 0.265 e. The molecule has 0 atom stereocenters. The summed E-state index contributed by atoms with van der Waals surface area (Å²) in [4.78, 5) is 28.6. The lowest BCUT2D eigenvalue weighted by atomic mass is 10.2. The van der Waals surface area contributed by atoms with E-state index in [1.54, 1.807) is 35.2 Å². The van der Waals surface area contributed by atoms with Gasteiger partial charge in [-0.2, -0.15) is 0 Å². The molecule has 0 aliphatic carbocycles. The Bertz CT molecular complexity index is 884. The number of hydrogen-bond donors (Lipinski definition) is 1. The molecule has 1 saturated heterocycles. The molecule has 2 aliphatic rings. The molecule has 0 spiro atoms. The molecule has 2 heterocycles. The summed E-state index contributed by atoms with van der Waals surface area (Å²) in [5.74, 6) is 0.882. The molecule has 0 saturated carbocycles. The fourth-order valence-electron chi connectivity index (χ4n) is 3.46. The average molecular weight is 411 g/mol. The van der Waals surface area contributed by atoms with Gasteiger partial charge < -0.3 is 24.4 Å². The van der Waals surface area contributed by atoms with Crippen LogP contribution in [0.25, 0.3) is 0 Å². The van der Waals surface area contributed by atoms with Crippen molar-refractivity contribution in [1.82, 2.24) is 4.90 Å². The third-order valence-electron chi connectivity index (χ3n) is 5.04. The number of ether oxygens (including phenoxy) is 3. The second-order valence-electron chi connectivity index (χ2n) is 7.12. The van der Waals surface area contributed by atoms with Gasteiger partial charge in [0, 0.05) is 37.9 Å². The fourth-order valence-corrected chi connectivity index (χ4v) is 3.46. The van der Waals surface area contributed by atoms with Crippen LogP contribution in [0.15, 0.2) is 48.5 Å². The van der Waals surface area contributed by atoms with Gasteiger partial charge in [0.15, 0.2) is 13.2 Å². The van der Waals surface area contributed by atoms with Crippen LogP contribution in [0.5, 0.6) is 11.5 Å². The summed E-state index contributed by atoms with van der Waals surface area (Å²) in [6, 6.07) is 14.5. The molecule has 2 amide bonds. The van der Waals surface area contributed by atoms with Crippen molar-refractivity contribution >= 4 is 23.2 Å². The number of amides is 2. The van der Waals surface area contributed by atoms with Crippen molar-refractivity contribution in [3.63, 3.8) is 0 Å². The number of rotatable bonds is 7. The second kappa shape index (κ2) is 9.60. The van der Waals surface area contributed by atoms with Gasteiger partial charge in [0.2, 0.25) is 0 Å². The highest BCUT2D eigenvalue weighted by Crippen LogP contribution is 2.34. The monoisotopic (exact) mass is 411 g/mol. The number of hydrogen-bond acceptors (Lipinski definition) is 6. The fraction of sp³-hybridized carbons (Fsp3) is 0.364. The summed E-state index contributed by atoms with van der Waals surface area (Å²) in [5.41, 5.74) is 1.32. The van der Waals surface area contributed by atoms with Crippen molar-refractivity contribution in [3.8, 4) is 11.5 Å². The van der Waals surface area contributed by atoms with E-state index in [9.17, 15) is 9.59 Å². The maximum atomic E-state index is 12.4. The van der Waals surface area contributed by atoms with Gasteiger partial charge in [0.05, 0.1) is 18.9 Å². The summed E-state index contributed by atoms with van der Waals surface area (Å²) in [6.07, 6.45) is 0. The number of morpholine rings is 1. The second-order valence-corrected chi connectivity index (χ2v) is 7.12. The lowest BCUT2D eigenvalue weighted by Crippen LogP contribution is -2.45. The SMILES string of the molecule is O=C(COc1ccccc1)Nc1ccc2c(c1)OCC(=O)N2CCN1CCOCC1. The normalized spacial score (nSPS) is 16.5. The van der Waals surface area contributed by atoms with Gasteiger partial charge in [-0.25, -0.2) is 0 Å². The minimum atomic E-state index is -0.269. The molecule has 0 aromatic heterocycles. The van der Waals surface area contributed by atoms with Crippen LogP contribution in [-0.2, 0) is 14.3 Å². The van der Waals surface area contributed by atoms with Crippen LogP contribution < -0.4 is 19.7 Å². The predicted molar refractivity (Wildman–Crippen MR) is 112 cm³/mol. The molecule has 0 unspecified atom stereocenters. The van der Waals surface area contributed by atoms with E-state index in [-0.39, 0.29) is 25.0 Å². The third-order valence-corrected chi connectivity index (χ3v) is 5.04. The first-order valence-corrected chi connectivity index (χ1v) is 10.0. The van der Waals surface area contributed by atoms with Gasteiger partial charge in [-0.3, -0.25) is 14.5 Å². The molecule has 1 N–H and O–H groups in total. The molecular formula is C22H25N3O5. The first kappa shape index (κ1) is 20.2. The molecule has 0 radical (unpaired) electrons. The number of carbonyl (C=O) groups excluding carboxylic acids is 2. The van der Waals surface area contributed by atoms with Gasteiger partial charge in [0.1, 0.15) is 11.5 Å². The molecule has 30 heavy (non-hydrogen) atoms. The van der Waals surface area contributed by atoms with Crippen molar-refractivity contribution in [2.75, 3.05) is 62.8 Å². The molecule has 2 aromatic rings. The van der Waals surface area contributed by atoms with Crippen LogP contribution >= 0.6 is 0 Å². The van der Waals surface area contributed by atoms with Crippen LogP contribution in [0.1, 0.15) is 0 Å². The van der Waals surface area contributed by atoms with Crippen LogP contribution in [0.3, 0.4) is 0 Å². The van der Waals surface area contributed by atoms with Gasteiger partial charge >= 0.3 is 0 Å². The highest BCUT2D eigenvalue weighted by Gasteiger charge is 2.26. The van der Waals surface area contributed by atoms with Gasteiger partial charge in [0.25, 0.3) is 11.8 Å². The largest absolute Gasteiger partial charge is 0.484 e. The number of benzene rings is 2. The Morgan fingerprint density at radius 1 is 1.07 bits per heavy atom. The maximum absolute atomic E-state index is 12.4. The van der Waals surface area contributed by atoms with Crippen LogP contribution in [-0.4, -0.2) is 69.3 Å². The molecule has 8 nitrogen and oxygen atoms in total. The predicted octanol–water partition coefficient (Wildman–Crippen LogP) is 1.76. The van der Waals surface area contributed by atoms with E-state index in [1.165, 1.54) is 0 Å². The first-order chi connectivity index (χ1) is 14.7. The molecule has 2 aromatic carbocycles. The minimum absolute atomic E-state index is 0.00930. The molecule has 8 heteroatoms. The highest BCUT2D eigenvalue weighted by molar-refractivity contribution is 5.99.